The van der Waals surface area contributed by atoms with Crippen molar-refractivity contribution in [3.8, 4) is 11.5 Å². The monoisotopic (exact) mass is 552 g/mol. The molecular formula is C27H29ClN6O3S. The smallest absolute Gasteiger partial charge is 0.237 e. The molecule has 0 radical (unpaired) electrons. The first-order valence-electron chi connectivity index (χ1n) is 12.4. The summed E-state index contributed by atoms with van der Waals surface area (Å²) >= 11 is 8.04. The second kappa shape index (κ2) is 11.9. The minimum absolute atomic E-state index is 0.0371. The average molecular weight is 553 g/mol. The van der Waals surface area contributed by atoms with Gasteiger partial charge in [0.1, 0.15) is 36.9 Å². The summed E-state index contributed by atoms with van der Waals surface area (Å²) in [4.78, 5) is 30.5. The van der Waals surface area contributed by atoms with Crippen molar-refractivity contribution in [1.82, 2.24) is 24.8 Å². The number of aromatic nitrogens is 3. The number of likely N-dealkylation sites (N-methyl/N-ethyl adjacent to an activating group) is 1. The van der Waals surface area contributed by atoms with Gasteiger partial charge in [-0.1, -0.05) is 17.7 Å². The SMILES string of the molecule is CN(C)CC(=O)N1CCC[C@@H]1COc1cccc2ncnc(Nc3ccc(OCc4cncs4)c(Cl)c3)c12. The van der Waals surface area contributed by atoms with Crippen LogP contribution < -0.4 is 14.8 Å². The highest BCUT2D eigenvalue weighted by molar-refractivity contribution is 7.09. The Kier molecular flexibility index (Phi) is 8.21. The molecule has 1 amide bonds. The molecule has 0 unspecified atom stereocenters. The number of hydrogen-bond donors (Lipinski definition) is 1. The van der Waals surface area contributed by atoms with Gasteiger partial charge in [-0.3, -0.25) is 9.78 Å². The van der Waals surface area contributed by atoms with Crippen molar-refractivity contribution in [3.05, 3.63) is 64.3 Å². The Bertz CT molecular complexity index is 1400. The van der Waals surface area contributed by atoms with Crippen LogP contribution in [0.25, 0.3) is 10.9 Å². The van der Waals surface area contributed by atoms with Gasteiger partial charge < -0.3 is 24.6 Å². The van der Waals surface area contributed by atoms with Gasteiger partial charge in [0.05, 0.1) is 38.9 Å². The molecule has 3 heterocycles. The average Bonchev–Trinajstić information content (AvgIpc) is 3.59. The van der Waals surface area contributed by atoms with Gasteiger partial charge in [-0.05, 0) is 57.3 Å². The highest BCUT2D eigenvalue weighted by Crippen LogP contribution is 2.34. The van der Waals surface area contributed by atoms with Crippen LogP contribution >= 0.6 is 22.9 Å². The van der Waals surface area contributed by atoms with E-state index in [1.165, 1.54) is 17.7 Å². The maximum atomic E-state index is 12.7. The lowest BCUT2D eigenvalue weighted by molar-refractivity contribution is -0.133. The van der Waals surface area contributed by atoms with Crippen molar-refractivity contribution >= 4 is 51.3 Å². The molecule has 198 valence electrons. The number of nitrogens with one attached hydrogen (secondary N) is 1. The van der Waals surface area contributed by atoms with Gasteiger partial charge >= 0.3 is 0 Å². The van der Waals surface area contributed by atoms with Crippen molar-refractivity contribution in [2.24, 2.45) is 0 Å². The first-order chi connectivity index (χ1) is 18.5. The molecule has 1 saturated heterocycles. The van der Waals surface area contributed by atoms with Crippen LogP contribution in [0, 0.1) is 0 Å². The van der Waals surface area contributed by atoms with E-state index in [2.05, 4.69) is 20.3 Å². The second-order valence-corrected chi connectivity index (χ2v) is 10.7. The zero-order valence-electron chi connectivity index (χ0n) is 21.3. The highest BCUT2D eigenvalue weighted by Gasteiger charge is 2.29. The molecule has 38 heavy (non-hydrogen) atoms. The van der Waals surface area contributed by atoms with E-state index in [1.807, 2.05) is 54.2 Å². The molecule has 2 aromatic heterocycles. The molecule has 1 aliphatic heterocycles. The molecule has 1 N–H and O–H groups in total. The number of fused-ring (bicyclic) bond motifs is 1. The van der Waals surface area contributed by atoms with Crippen LogP contribution in [0.4, 0.5) is 11.5 Å². The van der Waals surface area contributed by atoms with Crippen LogP contribution in [-0.4, -0.2) is 70.5 Å². The Hall–Kier alpha value is -3.47. The quantitative estimate of drug-likeness (QED) is 0.294. The lowest BCUT2D eigenvalue weighted by atomic mass is 10.2. The summed E-state index contributed by atoms with van der Waals surface area (Å²) in [6.07, 6.45) is 5.19. The Balaban J connectivity index is 1.32. The van der Waals surface area contributed by atoms with Crippen molar-refractivity contribution < 1.29 is 14.3 Å². The lowest BCUT2D eigenvalue weighted by Gasteiger charge is -2.26. The number of amides is 1. The van der Waals surface area contributed by atoms with Crippen molar-refractivity contribution in [1.29, 1.82) is 0 Å². The van der Waals surface area contributed by atoms with Crippen LogP contribution in [0.3, 0.4) is 0 Å². The largest absolute Gasteiger partial charge is 0.491 e. The fourth-order valence-electron chi connectivity index (χ4n) is 4.47. The Morgan fingerprint density at radius 3 is 2.89 bits per heavy atom. The predicted octanol–water partition coefficient (Wildman–Crippen LogP) is 4.99. The van der Waals surface area contributed by atoms with E-state index in [1.54, 1.807) is 17.8 Å². The third kappa shape index (κ3) is 6.15. The second-order valence-electron chi connectivity index (χ2n) is 9.33. The molecule has 9 nitrogen and oxygen atoms in total. The van der Waals surface area contributed by atoms with Gasteiger partial charge in [-0.15, -0.1) is 11.3 Å². The van der Waals surface area contributed by atoms with E-state index < -0.39 is 0 Å². The maximum Gasteiger partial charge on any atom is 0.237 e. The molecule has 0 aliphatic carbocycles. The Labute approximate surface area is 230 Å². The molecule has 0 saturated carbocycles. The molecule has 0 bridgehead atoms. The third-order valence-corrected chi connectivity index (χ3v) is 7.30. The minimum Gasteiger partial charge on any atom is -0.491 e. The van der Waals surface area contributed by atoms with Gasteiger partial charge in [0, 0.05) is 18.4 Å². The number of rotatable bonds is 10. The number of hydrogen-bond acceptors (Lipinski definition) is 9. The third-order valence-electron chi connectivity index (χ3n) is 6.25. The van der Waals surface area contributed by atoms with Gasteiger partial charge in [0.2, 0.25) is 5.91 Å². The summed E-state index contributed by atoms with van der Waals surface area (Å²) in [6.45, 7) is 1.97. The first kappa shape index (κ1) is 26.1. The van der Waals surface area contributed by atoms with Crippen LogP contribution in [0.1, 0.15) is 17.7 Å². The van der Waals surface area contributed by atoms with E-state index in [9.17, 15) is 4.79 Å². The Morgan fingerprint density at radius 2 is 2.11 bits per heavy atom. The maximum absolute atomic E-state index is 12.7. The van der Waals surface area contributed by atoms with Crippen molar-refractivity contribution in [3.63, 3.8) is 0 Å². The fraction of sp³-hybridized carbons (Fsp3) is 0.333. The van der Waals surface area contributed by atoms with Gasteiger partial charge in [0.25, 0.3) is 0 Å². The van der Waals surface area contributed by atoms with Gasteiger partial charge in [0.15, 0.2) is 0 Å². The van der Waals surface area contributed by atoms with E-state index >= 15 is 0 Å². The lowest BCUT2D eigenvalue weighted by Crippen LogP contribution is -2.43. The molecule has 1 aliphatic rings. The number of anilines is 2. The summed E-state index contributed by atoms with van der Waals surface area (Å²) in [7, 11) is 3.81. The van der Waals surface area contributed by atoms with Crippen molar-refractivity contribution in [2.45, 2.75) is 25.5 Å². The normalized spacial score (nSPS) is 15.3. The summed E-state index contributed by atoms with van der Waals surface area (Å²) in [5, 5.41) is 4.60. The minimum atomic E-state index is 0.0371. The number of likely N-dealkylation sites (tertiary alicyclic amines) is 1. The van der Waals surface area contributed by atoms with Crippen molar-refractivity contribution in [2.75, 3.05) is 39.1 Å². The molecule has 1 fully saturated rings. The standard InChI is InChI=1S/C27H29ClN6O3S/c1-33(2)13-25(35)34-10-4-5-19(34)14-36-24-7-3-6-22-26(24)27(31-16-30-22)32-18-8-9-23(21(28)11-18)37-15-20-12-29-17-38-20/h3,6-9,11-12,16-17,19H,4-5,10,13-15H2,1-2H3,(H,30,31,32)/t19-/m1/s1. The van der Waals surface area contributed by atoms with E-state index in [-0.39, 0.29) is 11.9 Å². The molecule has 2 aromatic carbocycles. The predicted molar refractivity (Wildman–Crippen MR) is 150 cm³/mol. The molecule has 1 atom stereocenters. The molecule has 11 heteroatoms. The fourth-order valence-corrected chi connectivity index (χ4v) is 5.21. The van der Waals surface area contributed by atoms with E-state index in [4.69, 9.17) is 21.1 Å². The van der Waals surface area contributed by atoms with Crippen LogP contribution in [0.2, 0.25) is 5.02 Å². The van der Waals surface area contributed by atoms with Gasteiger partial charge in [-0.2, -0.15) is 0 Å². The number of nitrogens with zero attached hydrogens (tertiary/aromatic N) is 5. The highest BCUT2D eigenvalue weighted by atomic mass is 35.5. The van der Waals surface area contributed by atoms with Crippen LogP contribution in [0.15, 0.2) is 54.4 Å². The number of benzene rings is 2. The van der Waals surface area contributed by atoms with Gasteiger partial charge in [-0.25, -0.2) is 9.97 Å². The molecule has 5 rings (SSSR count). The molecule has 4 aromatic rings. The number of carbonyl (C=O) groups excluding carboxylic acids is 1. The van der Waals surface area contributed by atoms with Crippen LogP contribution in [0.5, 0.6) is 11.5 Å². The zero-order valence-corrected chi connectivity index (χ0v) is 22.8. The molecular weight excluding hydrogens is 524 g/mol. The Morgan fingerprint density at radius 1 is 1.21 bits per heavy atom. The van der Waals surface area contributed by atoms with E-state index in [0.717, 1.165) is 40.9 Å². The number of carbonyl (C=O) groups is 1. The van der Waals surface area contributed by atoms with E-state index in [0.29, 0.717) is 42.1 Å². The number of ether oxygens (including phenoxy) is 2. The summed E-state index contributed by atoms with van der Waals surface area (Å²) in [5.74, 6) is 1.98. The first-order valence-corrected chi connectivity index (χ1v) is 13.6. The topological polar surface area (TPSA) is 92.7 Å². The number of thiazole rings is 1. The zero-order chi connectivity index (χ0) is 26.5. The number of halogens is 1. The summed E-state index contributed by atoms with van der Waals surface area (Å²) in [5.41, 5.74) is 3.28. The summed E-state index contributed by atoms with van der Waals surface area (Å²) in [6, 6.07) is 11.3. The van der Waals surface area contributed by atoms with Crippen LogP contribution in [-0.2, 0) is 11.4 Å². The summed E-state index contributed by atoms with van der Waals surface area (Å²) < 4.78 is 12.1. The molecule has 0 spiro atoms.